The quantitative estimate of drug-likeness (QED) is 0.368. The number of aromatic nitrogens is 1. The highest BCUT2D eigenvalue weighted by molar-refractivity contribution is 5.94. The van der Waals surface area contributed by atoms with Crippen molar-refractivity contribution in [1.29, 1.82) is 0 Å². The minimum atomic E-state index is -1.01. The maximum Gasteiger partial charge on any atom is 0.337 e. The zero-order valence-electron chi connectivity index (χ0n) is 22.1. The first-order valence-corrected chi connectivity index (χ1v) is 12.8. The molecule has 38 heavy (non-hydrogen) atoms. The van der Waals surface area contributed by atoms with Crippen LogP contribution in [0.3, 0.4) is 0 Å². The number of hydrogen-bond donors (Lipinski definition) is 2. The number of anilines is 2. The molecule has 0 aliphatic carbocycles. The summed E-state index contributed by atoms with van der Waals surface area (Å²) in [6.45, 7) is 9.53. The molecule has 4 aromatic rings. The molecule has 1 saturated heterocycles. The van der Waals surface area contributed by atoms with E-state index in [1.165, 1.54) is 0 Å². The van der Waals surface area contributed by atoms with Crippen LogP contribution in [-0.4, -0.2) is 54.2 Å². The van der Waals surface area contributed by atoms with Crippen molar-refractivity contribution in [2.24, 2.45) is 0 Å². The van der Waals surface area contributed by atoms with Gasteiger partial charge in [0.2, 0.25) is 0 Å². The summed E-state index contributed by atoms with van der Waals surface area (Å²) in [6, 6.07) is 14.2. The molecule has 1 unspecified atom stereocenters. The van der Waals surface area contributed by atoms with E-state index in [0.717, 1.165) is 43.0 Å². The van der Waals surface area contributed by atoms with Crippen molar-refractivity contribution in [3.63, 3.8) is 0 Å². The molecule has 3 heterocycles. The molecule has 8 nitrogen and oxygen atoms in total. The van der Waals surface area contributed by atoms with Crippen LogP contribution in [0.25, 0.3) is 22.4 Å². The molecule has 5 rings (SSSR count). The highest BCUT2D eigenvalue weighted by Crippen LogP contribution is 2.32. The number of carbonyl (C=O) groups is 1. The van der Waals surface area contributed by atoms with Gasteiger partial charge in [-0.25, -0.2) is 4.79 Å². The Hall–Kier alpha value is -4.17. The number of likely N-dealkylation sites (N-methyl/N-ethyl adjacent to an activating group) is 1. The summed E-state index contributed by atoms with van der Waals surface area (Å²) in [7, 11) is 2.13. The SMILES string of the molecule is Cc1cc(C(C)Nc2ccccc2C(=O)O)c2oc(-c3ccc(N4CCN(C)CC4)cn3)c(C)c(=O)c2c1. The second-order valence-electron chi connectivity index (χ2n) is 10.0. The van der Waals surface area contributed by atoms with Gasteiger partial charge >= 0.3 is 5.97 Å². The second kappa shape index (κ2) is 10.3. The predicted molar refractivity (Wildman–Crippen MR) is 150 cm³/mol. The first-order valence-electron chi connectivity index (χ1n) is 12.8. The van der Waals surface area contributed by atoms with Crippen molar-refractivity contribution in [3.8, 4) is 11.5 Å². The van der Waals surface area contributed by atoms with Gasteiger partial charge in [-0.2, -0.15) is 0 Å². The Labute approximate surface area is 221 Å². The third kappa shape index (κ3) is 4.87. The van der Waals surface area contributed by atoms with Crippen LogP contribution in [-0.2, 0) is 0 Å². The van der Waals surface area contributed by atoms with Crippen LogP contribution in [0.1, 0.15) is 40.0 Å². The van der Waals surface area contributed by atoms with Gasteiger partial charge in [-0.05, 0) is 63.7 Å². The molecular weight excluding hydrogens is 480 g/mol. The van der Waals surface area contributed by atoms with Gasteiger partial charge in [0.25, 0.3) is 0 Å². The molecule has 1 aliphatic heterocycles. The first-order chi connectivity index (χ1) is 18.2. The normalized spacial score (nSPS) is 15.0. The minimum Gasteiger partial charge on any atom is -0.478 e. The summed E-state index contributed by atoms with van der Waals surface area (Å²) >= 11 is 0. The maximum absolute atomic E-state index is 13.5. The number of nitrogens with zero attached hydrogens (tertiary/aromatic N) is 3. The molecule has 0 saturated carbocycles. The van der Waals surface area contributed by atoms with Gasteiger partial charge in [-0.1, -0.05) is 18.2 Å². The van der Waals surface area contributed by atoms with Crippen LogP contribution in [0.4, 0.5) is 11.4 Å². The van der Waals surface area contributed by atoms with E-state index < -0.39 is 5.97 Å². The van der Waals surface area contributed by atoms with E-state index in [4.69, 9.17) is 4.42 Å². The van der Waals surface area contributed by atoms with Crippen molar-refractivity contribution in [2.45, 2.75) is 26.8 Å². The third-order valence-electron chi connectivity index (χ3n) is 7.24. The summed E-state index contributed by atoms with van der Waals surface area (Å²) in [5.74, 6) is -0.569. The predicted octanol–water partition coefficient (Wildman–Crippen LogP) is 5.09. The van der Waals surface area contributed by atoms with Gasteiger partial charge in [0.05, 0.1) is 28.9 Å². The lowest BCUT2D eigenvalue weighted by atomic mass is 9.99. The number of fused-ring (bicyclic) bond motifs is 1. The van der Waals surface area contributed by atoms with E-state index >= 15 is 0 Å². The topological polar surface area (TPSA) is 98.9 Å². The monoisotopic (exact) mass is 512 g/mol. The molecule has 0 spiro atoms. The number of aryl methyl sites for hydroxylation is 1. The van der Waals surface area contributed by atoms with Crippen LogP contribution >= 0.6 is 0 Å². The van der Waals surface area contributed by atoms with Crippen LogP contribution in [0, 0.1) is 13.8 Å². The number of benzene rings is 2. The third-order valence-corrected chi connectivity index (χ3v) is 7.24. The van der Waals surface area contributed by atoms with Gasteiger partial charge in [0.15, 0.2) is 11.2 Å². The van der Waals surface area contributed by atoms with Crippen molar-refractivity contribution in [3.05, 3.63) is 87.2 Å². The lowest BCUT2D eigenvalue weighted by Gasteiger charge is -2.33. The molecule has 0 amide bonds. The Morgan fingerprint density at radius 2 is 1.82 bits per heavy atom. The Balaban J connectivity index is 1.55. The zero-order chi connectivity index (χ0) is 27.0. The van der Waals surface area contributed by atoms with Gasteiger partial charge in [0, 0.05) is 43.0 Å². The van der Waals surface area contributed by atoms with E-state index in [0.29, 0.717) is 33.7 Å². The molecule has 2 aromatic carbocycles. The number of piperazine rings is 1. The largest absolute Gasteiger partial charge is 0.478 e. The standard InChI is InChI=1S/C30H32N4O4/c1-18-15-23(20(3)32-25-8-6-5-7-22(25)30(36)37)29-24(16-18)27(35)19(2)28(38-29)26-10-9-21(17-31-26)34-13-11-33(4)12-14-34/h5-10,15-17,20,32H,11-14H2,1-4H3,(H,36,37). The second-order valence-corrected chi connectivity index (χ2v) is 10.0. The molecule has 2 N–H and O–H groups in total. The summed E-state index contributed by atoms with van der Waals surface area (Å²) in [4.78, 5) is 34.5. The molecule has 1 aliphatic rings. The zero-order valence-corrected chi connectivity index (χ0v) is 22.1. The molecule has 0 bridgehead atoms. The number of aromatic carboxylic acids is 1. The van der Waals surface area contributed by atoms with E-state index in [1.54, 1.807) is 31.2 Å². The fraction of sp³-hybridized carbons (Fsp3) is 0.300. The number of carboxylic acid groups (broad SMARTS) is 1. The van der Waals surface area contributed by atoms with Crippen LogP contribution < -0.4 is 15.6 Å². The van der Waals surface area contributed by atoms with E-state index in [1.807, 2.05) is 44.3 Å². The summed E-state index contributed by atoms with van der Waals surface area (Å²) in [6.07, 6.45) is 1.84. The fourth-order valence-electron chi connectivity index (χ4n) is 5.01. The Morgan fingerprint density at radius 1 is 1.08 bits per heavy atom. The maximum atomic E-state index is 13.5. The van der Waals surface area contributed by atoms with Crippen LogP contribution in [0.5, 0.6) is 0 Å². The number of pyridine rings is 1. The average molecular weight is 513 g/mol. The Kier molecular flexibility index (Phi) is 6.91. The number of para-hydroxylation sites is 1. The minimum absolute atomic E-state index is 0.103. The van der Waals surface area contributed by atoms with E-state index in [2.05, 4.69) is 27.1 Å². The Bertz CT molecular complexity index is 1550. The smallest absolute Gasteiger partial charge is 0.337 e. The molecule has 2 aromatic heterocycles. The number of hydrogen-bond acceptors (Lipinski definition) is 7. The van der Waals surface area contributed by atoms with Crippen molar-refractivity contribution < 1.29 is 14.3 Å². The highest BCUT2D eigenvalue weighted by Gasteiger charge is 2.21. The van der Waals surface area contributed by atoms with Crippen LogP contribution in [0.2, 0.25) is 0 Å². The molecule has 1 atom stereocenters. The van der Waals surface area contributed by atoms with Crippen molar-refractivity contribution in [1.82, 2.24) is 9.88 Å². The average Bonchev–Trinajstić information content (AvgIpc) is 2.91. The summed E-state index contributed by atoms with van der Waals surface area (Å²) in [5.41, 5.74) is 4.89. The number of carboxylic acids is 1. The highest BCUT2D eigenvalue weighted by atomic mass is 16.4. The van der Waals surface area contributed by atoms with Crippen LogP contribution in [0.15, 0.2) is 63.9 Å². The van der Waals surface area contributed by atoms with Gasteiger partial charge in [-0.3, -0.25) is 9.78 Å². The van der Waals surface area contributed by atoms with Gasteiger partial charge in [0.1, 0.15) is 11.3 Å². The lowest BCUT2D eigenvalue weighted by Crippen LogP contribution is -2.44. The molecule has 1 fully saturated rings. The molecule has 196 valence electrons. The first kappa shape index (κ1) is 25.5. The van der Waals surface area contributed by atoms with E-state index in [9.17, 15) is 14.7 Å². The number of rotatable bonds is 6. The number of nitrogens with one attached hydrogen (secondary N) is 1. The van der Waals surface area contributed by atoms with Crippen molar-refractivity contribution in [2.75, 3.05) is 43.4 Å². The van der Waals surface area contributed by atoms with Gasteiger partial charge in [-0.15, -0.1) is 0 Å². The molecular formula is C30H32N4O4. The molecule has 8 heteroatoms. The summed E-state index contributed by atoms with van der Waals surface area (Å²) < 4.78 is 6.44. The van der Waals surface area contributed by atoms with Gasteiger partial charge < -0.3 is 24.6 Å². The van der Waals surface area contributed by atoms with E-state index in [-0.39, 0.29) is 17.0 Å². The Morgan fingerprint density at radius 3 is 2.50 bits per heavy atom. The fourth-order valence-corrected chi connectivity index (χ4v) is 5.01. The van der Waals surface area contributed by atoms with Crippen molar-refractivity contribution >= 4 is 28.3 Å². The molecule has 0 radical (unpaired) electrons. The lowest BCUT2D eigenvalue weighted by molar-refractivity contribution is 0.0698. The summed E-state index contributed by atoms with van der Waals surface area (Å²) in [5, 5.41) is 13.4.